The predicted molar refractivity (Wildman–Crippen MR) is 80.7 cm³/mol. The predicted octanol–water partition coefficient (Wildman–Crippen LogP) is 3.99. The molecule has 0 aromatic carbocycles. The lowest BCUT2D eigenvalue weighted by Gasteiger charge is -2.28. The fourth-order valence-electron chi connectivity index (χ4n) is 2.63. The molecule has 1 amide bonds. The van der Waals surface area contributed by atoms with Crippen molar-refractivity contribution < 1.29 is 4.79 Å². The summed E-state index contributed by atoms with van der Waals surface area (Å²) < 4.78 is 0. The van der Waals surface area contributed by atoms with E-state index in [-0.39, 0.29) is 5.91 Å². The van der Waals surface area contributed by atoms with Crippen LogP contribution in [-0.4, -0.2) is 17.3 Å². The van der Waals surface area contributed by atoms with Gasteiger partial charge in [0.05, 0.1) is 4.88 Å². The van der Waals surface area contributed by atoms with Crippen LogP contribution in [0.3, 0.4) is 0 Å². The minimum absolute atomic E-state index is 0.127. The van der Waals surface area contributed by atoms with E-state index in [2.05, 4.69) is 34.2 Å². The number of hydrogen-bond acceptors (Lipinski definition) is 2. The molecule has 1 N–H and O–H groups in total. The molecular weight excluding hydrogens is 310 g/mol. The molecule has 1 aromatic rings. The van der Waals surface area contributed by atoms with Crippen molar-refractivity contribution in [3.05, 3.63) is 21.9 Å². The largest absolute Gasteiger partial charge is 0.349 e. The van der Waals surface area contributed by atoms with E-state index in [0.717, 1.165) is 35.4 Å². The average Bonchev–Trinajstić information content (AvgIpc) is 2.87. The summed E-state index contributed by atoms with van der Waals surface area (Å²) in [5.41, 5.74) is 1.17. The van der Waals surface area contributed by atoms with E-state index in [1.54, 1.807) is 11.3 Å². The van der Waals surface area contributed by atoms with Crippen LogP contribution in [-0.2, 0) is 6.42 Å². The number of amides is 1. The third kappa shape index (κ3) is 3.35. The zero-order valence-electron chi connectivity index (χ0n) is 10.7. The molecule has 1 aromatic heterocycles. The molecule has 0 aliphatic heterocycles. The number of alkyl halides is 1. The standard InChI is InChI=1S/C14H20BrNOS/c1-2-11-6-7-18-13(11)14(17)16-12-5-3-4-10(8-12)9-15/h6-7,10,12H,2-5,8-9H2,1H3,(H,16,17). The Kier molecular flexibility index (Phi) is 5.25. The van der Waals surface area contributed by atoms with Gasteiger partial charge in [0.1, 0.15) is 0 Å². The van der Waals surface area contributed by atoms with Crippen molar-refractivity contribution >= 4 is 33.2 Å². The van der Waals surface area contributed by atoms with Crippen LogP contribution in [0.15, 0.2) is 11.4 Å². The molecule has 1 aliphatic carbocycles. The Bertz CT molecular complexity index is 404. The normalized spacial score (nSPS) is 23.9. The Hall–Kier alpha value is -0.350. The Morgan fingerprint density at radius 1 is 1.56 bits per heavy atom. The molecule has 1 fully saturated rings. The Morgan fingerprint density at radius 3 is 3.11 bits per heavy atom. The van der Waals surface area contributed by atoms with Crippen LogP contribution in [0.4, 0.5) is 0 Å². The van der Waals surface area contributed by atoms with Crippen molar-refractivity contribution in [3.63, 3.8) is 0 Å². The summed E-state index contributed by atoms with van der Waals surface area (Å²) in [6, 6.07) is 2.42. The monoisotopic (exact) mass is 329 g/mol. The first kappa shape index (κ1) is 14.1. The van der Waals surface area contributed by atoms with Crippen LogP contribution in [0, 0.1) is 5.92 Å². The zero-order chi connectivity index (χ0) is 13.0. The molecule has 1 heterocycles. The highest BCUT2D eigenvalue weighted by atomic mass is 79.9. The summed E-state index contributed by atoms with van der Waals surface area (Å²) in [5, 5.41) is 6.27. The van der Waals surface area contributed by atoms with Crippen molar-refractivity contribution in [1.82, 2.24) is 5.32 Å². The van der Waals surface area contributed by atoms with E-state index in [0.29, 0.717) is 6.04 Å². The van der Waals surface area contributed by atoms with Gasteiger partial charge in [-0.05, 0) is 48.6 Å². The molecule has 1 saturated carbocycles. The molecule has 1 aliphatic rings. The molecular formula is C14H20BrNOS. The van der Waals surface area contributed by atoms with Crippen molar-refractivity contribution in [3.8, 4) is 0 Å². The first-order valence-corrected chi connectivity index (χ1v) is 8.67. The number of rotatable bonds is 4. The highest BCUT2D eigenvalue weighted by molar-refractivity contribution is 9.09. The summed E-state index contributed by atoms with van der Waals surface area (Å²) in [4.78, 5) is 13.1. The van der Waals surface area contributed by atoms with Crippen LogP contribution in [0.25, 0.3) is 0 Å². The number of carbonyl (C=O) groups excluding carboxylic acids is 1. The van der Waals surface area contributed by atoms with Gasteiger partial charge in [0, 0.05) is 11.4 Å². The highest BCUT2D eigenvalue weighted by Crippen LogP contribution is 2.26. The maximum absolute atomic E-state index is 12.2. The van der Waals surface area contributed by atoms with E-state index >= 15 is 0 Å². The minimum Gasteiger partial charge on any atom is -0.349 e. The molecule has 2 nitrogen and oxygen atoms in total. The molecule has 2 unspecified atom stereocenters. The van der Waals surface area contributed by atoms with Gasteiger partial charge in [-0.3, -0.25) is 4.79 Å². The summed E-state index contributed by atoms with van der Waals surface area (Å²) in [7, 11) is 0. The number of thiophene rings is 1. The van der Waals surface area contributed by atoms with Gasteiger partial charge in [-0.15, -0.1) is 11.3 Å². The second-order valence-corrected chi connectivity index (χ2v) is 6.55. The smallest absolute Gasteiger partial charge is 0.261 e. The fraction of sp³-hybridized carbons (Fsp3) is 0.643. The van der Waals surface area contributed by atoms with Gasteiger partial charge in [-0.25, -0.2) is 0 Å². The number of halogens is 1. The van der Waals surface area contributed by atoms with Gasteiger partial charge in [-0.2, -0.15) is 0 Å². The van der Waals surface area contributed by atoms with Crippen molar-refractivity contribution in [2.24, 2.45) is 5.92 Å². The Labute approximate surface area is 121 Å². The fourth-order valence-corrected chi connectivity index (χ4v) is 4.11. The van der Waals surface area contributed by atoms with Crippen LogP contribution in [0.5, 0.6) is 0 Å². The maximum Gasteiger partial charge on any atom is 0.261 e. The van der Waals surface area contributed by atoms with Crippen LogP contribution in [0.1, 0.15) is 47.8 Å². The molecule has 2 atom stereocenters. The molecule has 4 heteroatoms. The quantitative estimate of drug-likeness (QED) is 0.831. The first-order chi connectivity index (χ1) is 8.74. The summed E-state index contributed by atoms with van der Waals surface area (Å²) in [5.74, 6) is 0.847. The van der Waals surface area contributed by atoms with Crippen molar-refractivity contribution in [2.75, 3.05) is 5.33 Å². The van der Waals surface area contributed by atoms with Gasteiger partial charge < -0.3 is 5.32 Å². The second-order valence-electron chi connectivity index (χ2n) is 4.99. The summed E-state index contributed by atoms with van der Waals surface area (Å²) in [6.45, 7) is 2.10. The molecule has 0 radical (unpaired) electrons. The Balaban J connectivity index is 1.95. The van der Waals surface area contributed by atoms with E-state index in [1.807, 2.05) is 5.38 Å². The van der Waals surface area contributed by atoms with Gasteiger partial charge in [0.15, 0.2) is 0 Å². The van der Waals surface area contributed by atoms with Crippen molar-refractivity contribution in [2.45, 2.75) is 45.1 Å². The minimum atomic E-state index is 0.127. The Morgan fingerprint density at radius 2 is 2.39 bits per heavy atom. The number of nitrogens with one attached hydrogen (secondary N) is 1. The van der Waals surface area contributed by atoms with Gasteiger partial charge in [0.25, 0.3) is 5.91 Å². The van der Waals surface area contributed by atoms with Crippen LogP contribution in [0.2, 0.25) is 0 Å². The number of aryl methyl sites for hydroxylation is 1. The number of carbonyl (C=O) groups is 1. The first-order valence-electron chi connectivity index (χ1n) is 6.67. The van der Waals surface area contributed by atoms with Gasteiger partial charge >= 0.3 is 0 Å². The zero-order valence-corrected chi connectivity index (χ0v) is 13.1. The second kappa shape index (κ2) is 6.71. The van der Waals surface area contributed by atoms with Gasteiger partial charge in [0.2, 0.25) is 0 Å². The topological polar surface area (TPSA) is 29.1 Å². The van der Waals surface area contributed by atoms with E-state index < -0.39 is 0 Å². The average molecular weight is 330 g/mol. The lowest BCUT2D eigenvalue weighted by Crippen LogP contribution is -2.38. The third-order valence-electron chi connectivity index (χ3n) is 3.67. The molecule has 0 bridgehead atoms. The van der Waals surface area contributed by atoms with Crippen LogP contribution < -0.4 is 5.32 Å². The lowest BCUT2D eigenvalue weighted by molar-refractivity contribution is 0.0925. The third-order valence-corrected chi connectivity index (χ3v) is 5.54. The summed E-state index contributed by atoms with van der Waals surface area (Å²) in [6.07, 6.45) is 5.69. The van der Waals surface area contributed by atoms with E-state index in [1.165, 1.54) is 18.4 Å². The molecule has 0 saturated heterocycles. The SMILES string of the molecule is CCc1ccsc1C(=O)NC1CCCC(CBr)C1. The van der Waals surface area contributed by atoms with Gasteiger partial charge in [-0.1, -0.05) is 29.3 Å². The van der Waals surface area contributed by atoms with Crippen LogP contribution >= 0.6 is 27.3 Å². The van der Waals surface area contributed by atoms with E-state index in [4.69, 9.17) is 0 Å². The molecule has 0 spiro atoms. The van der Waals surface area contributed by atoms with E-state index in [9.17, 15) is 4.79 Å². The molecule has 100 valence electrons. The number of hydrogen-bond donors (Lipinski definition) is 1. The van der Waals surface area contributed by atoms with Crippen molar-refractivity contribution in [1.29, 1.82) is 0 Å². The summed E-state index contributed by atoms with van der Waals surface area (Å²) >= 11 is 5.11. The lowest BCUT2D eigenvalue weighted by atomic mass is 9.87. The molecule has 18 heavy (non-hydrogen) atoms. The maximum atomic E-state index is 12.2. The molecule has 2 rings (SSSR count). The highest BCUT2D eigenvalue weighted by Gasteiger charge is 2.23.